The Morgan fingerprint density at radius 3 is 2.61 bits per heavy atom. The van der Waals surface area contributed by atoms with E-state index in [2.05, 4.69) is 40.5 Å². The number of ether oxygens (including phenoxy) is 1. The summed E-state index contributed by atoms with van der Waals surface area (Å²) in [5.41, 5.74) is 0.838. The molecule has 0 amide bonds. The van der Waals surface area contributed by atoms with Crippen molar-refractivity contribution in [3.63, 3.8) is 0 Å². The molecule has 0 aliphatic rings. The van der Waals surface area contributed by atoms with Gasteiger partial charge in [-0.15, -0.1) is 24.0 Å². The Morgan fingerprint density at radius 2 is 2.04 bits per heavy atom. The van der Waals surface area contributed by atoms with Gasteiger partial charge >= 0.3 is 6.61 Å². The number of nitrogens with one attached hydrogen (secondary N) is 2. The number of halogens is 3. The molecule has 0 bridgehead atoms. The fourth-order valence-electron chi connectivity index (χ4n) is 1.61. The van der Waals surface area contributed by atoms with Crippen molar-refractivity contribution in [2.24, 2.45) is 4.99 Å². The number of benzene rings is 1. The standard InChI is InChI=1S/C15H23F2N3OS.HI/c1-15(2,22-4)10-20-14(18-3)19-9-11-6-5-7-12(8-11)21-13(16)17;/h5-8,13H,9-10H2,1-4H3,(H2,18,19,20);1H. The molecule has 0 saturated heterocycles. The van der Waals surface area contributed by atoms with E-state index in [9.17, 15) is 8.78 Å². The maximum atomic E-state index is 12.2. The molecule has 4 nitrogen and oxygen atoms in total. The minimum atomic E-state index is -2.81. The molecule has 0 radical (unpaired) electrons. The van der Waals surface area contributed by atoms with Crippen LogP contribution in [0.25, 0.3) is 0 Å². The van der Waals surface area contributed by atoms with Gasteiger partial charge in [0.25, 0.3) is 0 Å². The van der Waals surface area contributed by atoms with Gasteiger partial charge in [-0.25, -0.2) is 0 Å². The first-order valence-corrected chi connectivity index (χ1v) is 8.12. The first-order valence-electron chi connectivity index (χ1n) is 6.90. The number of thioether (sulfide) groups is 1. The average Bonchev–Trinajstić information content (AvgIpc) is 2.47. The summed E-state index contributed by atoms with van der Waals surface area (Å²) >= 11 is 1.77. The molecule has 0 aliphatic heterocycles. The molecule has 0 saturated carbocycles. The largest absolute Gasteiger partial charge is 0.435 e. The summed E-state index contributed by atoms with van der Waals surface area (Å²) in [6.07, 6.45) is 2.06. The van der Waals surface area contributed by atoms with Crippen LogP contribution in [0, 0.1) is 0 Å². The summed E-state index contributed by atoms with van der Waals surface area (Å²) < 4.78 is 28.9. The lowest BCUT2D eigenvalue weighted by Gasteiger charge is -2.23. The van der Waals surface area contributed by atoms with E-state index in [1.54, 1.807) is 30.9 Å². The lowest BCUT2D eigenvalue weighted by atomic mass is 10.2. The van der Waals surface area contributed by atoms with Gasteiger partial charge in [-0.1, -0.05) is 12.1 Å². The zero-order chi connectivity index (χ0) is 16.6. The molecule has 0 atom stereocenters. The van der Waals surface area contributed by atoms with Crippen molar-refractivity contribution in [1.29, 1.82) is 0 Å². The Hall–Kier alpha value is -0.770. The van der Waals surface area contributed by atoms with Gasteiger partial charge in [0.1, 0.15) is 5.75 Å². The van der Waals surface area contributed by atoms with Crippen LogP contribution in [0.1, 0.15) is 19.4 Å². The van der Waals surface area contributed by atoms with Gasteiger partial charge in [0.15, 0.2) is 5.96 Å². The normalized spacial score (nSPS) is 11.9. The van der Waals surface area contributed by atoms with Gasteiger partial charge in [-0.2, -0.15) is 20.5 Å². The zero-order valence-electron chi connectivity index (χ0n) is 13.7. The number of aliphatic imine (C=N–C) groups is 1. The van der Waals surface area contributed by atoms with E-state index in [0.717, 1.165) is 12.1 Å². The highest BCUT2D eigenvalue weighted by molar-refractivity contribution is 14.0. The minimum absolute atomic E-state index is 0. The molecule has 1 aromatic carbocycles. The number of rotatable bonds is 7. The number of nitrogens with zero attached hydrogens (tertiary/aromatic N) is 1. The minimum Gasteiger partial charge on any atom is -0.435 e. The van der Waals surface area contributed by atoms with Crippen LogP contribution in [0.4, 0.5) is 8.78 Å². The lowest BCUT2D eigenvalue weighted by molar-refractivity contribution is -0.0498. The Kier molecular flexibility index (Phi) is 10.5. The SMILES string of the molecule is CN=C(NCc1cccc(OC(F)F)c1)NCC(C)(C)SC.I. The Labute approximate surface area is 157 Å². The summed E-state index contributed by atoms with van der Waals surface area (Å²) in [6.45, 7) is 2.71. The van der Waals surface area contributed by atoms with Crippen molar-refractivity contribution in [2.45, 2.75) is 31.8 Å². The van der Waals surface area contributed by atoms with Gasteiger partial charge in [0.2, 0.25) is 0 Å². The first kappa shape index (κ1) is 22.2. The van der Waals surface area contributed by atoms with Crippen LogP contribution in [0.2, 0.25) is 0 Å². The quantitative estimate of drug-likeness (QED) is 0.371. The van der Waals surface area contributed by atoms with Gasteiger partial charge < -0.3 is 15.4 Å². The van der Waals surface area contributed by atoms with E-state index in [1.165, 1.54) is 6.07 Å². The molecule has 23 heavy (non-hydrogen) atoms. The molecule has 0 heterocycles. The number of hydrogen-bond donors (Lipinski definition) is 2. The van der Waals surface area contributed by atoms with Crippen molar-refractivity contribution in [3.05, 3.63) is 29.8 Å². The second-order valence-electron chi connectivity index (χ2n) is 5.27. The van der Waals surface area contributed by atoms with Crippen molar-refractivity contribution in [2.75, 3.05) is 19.8 Å². The summed E-state index contributed by atoms with van der Waals surface area (Å²) in [7, 11) is 1.69. The molecule has 132 valence electrons. The molecule has 8 heteroatoms. The highest BCUT2D eigenvalue weighted by Crippen LogP contribution is 2.19. The van der Waals surface area contributed by atoms with Gasteiger partial charge in [0.05, 0.1) is 0 Å². The molecule has 0 fully saturated rings. The maximum Gasteiger partial charge on any atom is 0.387 e. The third-order valence-electron chi connectivity index (χ3n) is 3.04. The molecule has 2 N–H and O–H groups in total. The second-order valence-corrected chi connectivity index (χ2v) is 6.78. The van der Waals surface area contributed by atoms with Crippen molar-refractivity contribution < 1.29 is 13.5 Å². The molecular weight excluding hydrogens is 435 g/mol. The smallest absolute Gasteiger partial charge is 0.387 e. The predicted octanol–water partition coefficient (Wildman–Crippen LogP) is 3.71. The van der Waals surface area contributed by atoms with E-state index in [1.807, 2.05) is 6.07 Å². The highest BCUT2D eigenvalue weighted by Gasteiger charge is 2.16. The van der Waals surface area contributed by atoms with Crippen LogP contribution in [-0.2, 0) is 6.54 Å². The summed E-state index contributed by atoms with van der Waals surface area (Å²) in [5, 5.41) is 6.39. The number of alkyl halides is 2. The van der Waals surface area contributed by atoms with Gasteiger partial charge in [0, 0.05) is 24.9 Å². The monoisotopic (exact) mass is 459 g/mol. The second kappa shape index (κ2) is 10.9. The third kappa shape index (κ3) is 9.19. The van der Waals surface area contributed by atoms with Crippen molar-refractivity contribution in [3.8, 4) is 5.75 Å². The lowest BCUT2D eigenvalue weighted by Crippen LogP contribution is -2.42. The molecule has 0 unspecified atom stereocenters. The van der Waals surface area contributed by atoms with Gasteiger partial charge in [-0.3, -0.25) is 4.99 Å². The highest BCUT2D eigenvalue weighted by atomic mass is 127. The maximum absolute atomic E-state index is 12.2. The first-order chi connectivity index (χ1) is 10.4. The molecular formula is C15H24F2IN3OS. The molecule has 0 aliphatic carbocycles. The van der Waals surface area contributed by atoms with Crippen LogP contribution in [0.15, 0.2) is 29.3 Å². The molecule has 0 aromatic heterocycles. The number of hydrogen-bond acceptors (Lipinski definition) is 3. The van der Waals surface area contributed by atoms with Crippen molar-refractivity contribution in [1.82, 2.24) is 10.6 Å². The van der Waals surface area contributed by atoms with Crippen LogP contribution in [-0.4, -0.2) is 37.2 Å². The molecule has 0 spiro atoms. The third-order valence-corrected chi connectivity index (χ3v) is 4.29. The number of guanidine groups is 1. The van der Waals surface area contributed by atoms with Crippen LogP contribution in [0.3, 0.4) is 0 Å². The Morgan fingerprint density at radius 1 is 1.35 bits per heavy atom. The fourth-order valence-corrected chi connectivity index (χ4v) is 1.82. The predicted molar refractivity (Wildman–Crippen MR) is 104 cm³/mol. The van der Waals surface area contributed by atoms with Crippen LogP contribution >= 0.6 is 35.7 Å². The van der Waals surface area contributed by atoms with Crippen molar-refractivity contribution >= 4 is 41.7 Å². The van der Waals surface area contributed by atoms with E-state index in [4.69, 9.17) is 0 Å². The van der Waals surface area contributed by atoms with Gasteiger partial charge in [-0.05, 0) is 37.8 Å². The van der Waals surface area contributed by atoms with Crippen LogP contribution < -0.4 is 15.4 Å². The summed E-state index contributed by atoms with van der Waals surface area (Å²) in [6, 6.07) is 6.61. The summed E-state index contributed by atoms with van der Waals surface area (Å²) in [5.74, 6) is 0.822. The summed E-state index contributed by atoms with van der Waals surface area (Å²) in [4.78, 5) is 4.15. The van der Waals surface area contributed by atoms with E-state index >= 15 is 0 Å². The van der Waals surface area contributed by atoms with E-state index < -0.39 is 6.61 Å². The average molecular weight is 459 g/mol. The Bertz CT molecular complexity index is 501. The van der Waals surface area contributed by atoms with E-state index in [0.29, 0.717) is 12.5 Å². The molecule has 1 aromatic rings. The van der Waals surface area contributed by atoms with Crippen LogP contribution in [0.5, 0.6) is 5.75 Å². The van der Waals surface area contributed by atoms with E-state index in [-0.39, 0.29) is 34.5 Å². The Balaban J connectivity index is 0.00000484. The fraction of sp³-hybridized carbons (Fsp3) is 0.533. The molecule has 1 rings (SSSR count). The zero-order valence-corrected chi connectivity index (χ0v) is 16.9. The topological polar surface area (TPSA) is 45.7 Å².